The fourth-order valence-corrected chi connectivity index (χ4v) is 4.83. The number of hydrogen-bond acceptors (Lipinski definition) is 6. The van der Waals surface area contributed by atoms with Crippen molar-refractivity contribution in [3.05, 3.63) is 40.4 Å². The van der Waals surface area contributed by atoms with E-state index >= 15 is 0 Å². The lowest BCUT2D eigenvalue weighted by molar-refractivity contribution is 0.0927. The van der Waals surface area contributed by atoms with Crippen LogP contribution in [0.15, 0.2) is 22.8 Å². The molecule has 0 saturated heterocycles. The number of rotatable bonds is 6. The Bertz CT molecular complexity index is 959. The molecular formula is C21H26N4O2S. The molecule has 3 heterocycles. The molecule has 6 nitrogen and oxygen atoms in total. The first-order valence-corrected chi connectivity index (χ1v) is 10.8. The highest BCUT2D eigenvalue weighted by Gasteiger charge is 2.22. The van der Waals surface area contributed by atoms with Crippen LogP contribution in [0, 0.1) is 13.8 Å². The zero-order chi connectivity index (χ0) is 19.5. The van der Waals surface area contributed by atoms with Crippen LogP contribution in [0.1, 0.15) is 64.8 Å². The number of nitrogens with zero attached hydrogens (tertiary/aromatic N) is 2. The number of nitrogens with one attached hydrogen (secondary N) is 2. The molecule has 0 aliphatic heterocycles. The van der Waals surface area contributed by atoms with Gasteiger partial charge in [0.1, 0.15) is 16.5 Å². The molecule has 3 aromatic heterocycles. The fraction of sp³-hybridized carbons (Fsp3) is 0.476. The molecule has 148 valence electrons. The number of hydrogen-bond donors (Lipinski definition) is 2. The summed E-state index contributed by atoms with van der Waals surface area (Å²) in [6.45, 7) is 5.35. The molecule has 0 spiro atoms. The number of fused-ring (bicyclic) bond motifs is 1. The second-order valence-corrected chi connectivity index (χ2v) is 8.59. The summed E-state index contributed by atoms with van der Waals surface area (Å²) in [4.78, 5) is 24.2. The van der Waals surface area contributed by atoms with Crippen molar-refractivity contribution in [3.8, 4) is 0 Å². The summed E-state index contributed by atoms with van der Waals surface area (Å²) < 4.78 is 5.12. The highest BCUT2D eigenvalue weighted by Crippen LogP contribution is 2.37. The van der Waals surface area contributed by atoms with Gasteiger partial charge >= 0.3 is 0 Å². The van der Waals surface area contributed by atoms with Gasteiger partial charge in [0, 0.05) is 23.9 Å². The molecule has 3 aromatic rings. The molecule has 1 saturated carbocycles. The van der Waals surface area contributed by atoms with Gasteiger partial charge in [-0.15, -0.1) is 11.3 Å². The van der Waals surface area contributed by atoms with E-state index in [1.54, 1.807) is 23.5 Å². The molecule has 7 heteroatoms. The Labute approximate surface area is 168 Å². The SMILES string of the molecule is Cc1sc2nc(C3CCCCC3)nc(NCCNC(=O)c3ccco3)c2c1C. The number of thiophene rings is 1. The molecule has 1 aliphatic rings. The van der Waals surface area contributed by atoms with E-state index in [0.717, 1.165) is 21.9 Å². The molecule has 1 aliphatic carbocycles. The molecule has 2 N–H and O–H groups in total. The van der Waals surface area contributed by atoms with Crippen LogP contribution in [0.4, 0.5) is 5.82 Å². The van der Waals surface area contributed by atoms with E-state index in [4.69, 9.17) is 14.4 Å². The van der Waals surface area contributed by atoms with Crippen LogP contribution in [0.3, 0.4) is 0 Å². The van der Waals surface area contributed by atoms with Crippen LogP contribution in [0.25, 0.3) is 10.2 Å². The predicted octanol–water partition coefficient (Wildman–Crippen LogP) is 4.79. The van der Waals surface area contributed by atoms with Crippen LogP contribution in [0.5, 0.6) is 0 Å². The van der Waals surface area contributed by atoms with Crippen molar-refractivity contribution in [2.24, 2.45) is 0 Å². The second-order valence-electron chi connectivity index (χ2n) is 7.39. The molecule has 1 fully saturated rings. The third kappa shape index (κ3) is 3.90. The molecule has 0 bridgehead atoms. The van der Waals surface area contributed by atoms with E-state index in [0.29, 0.717) is 24.8 Å². The summed E-state index contributed by atoms with van der Waals surface area (Å²) >= 11 is 1.74. The minimum absolute atomic E-state index is 0.204. The van der Waals surface area contributed by atoms with Gasteiger partial charge in [0.2, 0.25) is 0 Å². The number of anilines is 1. The molecular weight excluding hydrogens is 372 g/mol. The Morgan fingerprint density at radius 3 is 2.79 bits per heavy atom. The highest BCUT2D eigenvalue weighted by molar-refractivity contribution is 7.18. The number of amides is 1. The lowest BCUT2D eigenvalue weighted by atomic mass is 9.88. The molecule has 1 amide bonds. The normalized spacial score (nSPS) is 15.1. The van der Waals surface area contributed by atoms with Crippen molar-refractivity contribution in [1.82, 2.24) is 15.3 Å². The summed E-state index contributed by atoms with van der Waals surface area (Å²) in [7, 11) is 0. The van der Waals surface area contributed by atoms with Crippen molar-refractivity contribution < 1.29 is 9.21 Å². The number of furan rings is 1. The Kier molecular flexibility index (Phi) is 5.62. The molecule has 0 radical (unpaired) electrons. The zero-order valence-corrected chi connectivity index (χ0v) is 17.2. The molecule has 4 rings (SSSR count). The van der Waals surface area contributed by atoms with Crippen LogP contribution in [-0.2, 0) is 0 Å². The van der Waals surface area contributed by atoms with E-state index in [1.165, 1.54) is 48.8 Å². The first kappa shape index (κ1) is 18.9. The number of carbonyl (C=O) groups excluding carboxylic acids is 1. The highest BCUT2D eigenvalue weighted by atomic mass is 32.1. The number of aromatic nitrogens is 2. The first-order chi connectivity index (χ1) is 13.6. The van der Waals surface area contributed by atoms with Crippen LogP contribution in [-0.4, -0.2) is 29.0 Å². The maximum absolute atomic E-state index is 12.0. The first-order valence-electron chi connectivity index (χ1n) is 9.96. The van der Waals surface area contributed by atoms with Crippen molar-refractivity contribution in [1.29, 1.82) is 0 Å². The summed E-state index contributed by atoms with van der Waals surface area (Å²) in [6, 6.07) is 3.37. The van der Waals surface area contributed by atoms with E-state index in [-0.39, 0.29) is 5.91 Å². The summed E-state index contributed by atoms with van der Waals surface area (Å²) in [5.41, 5.74) is 1.23. The lowest BCUT2D eigenvalue weighted by Crippen LogP contribution is -2.28. The van der Waals surface area contributed by atoms with Crippen molar-refractivity contribution in [2.45, 2.75) is 51.9 Å². The Hall–Kier alpha value is -2.41. The monoisotopic (exact) mass is 398 g/mol. The Morgan fingerprint density at radius 2 is 2.04 bits per heavy atom. The van der Waals surface area contributed by atoms with Gasteiger partial charge in [0.15, 0.2) is 5.76 Å². The largest absolute Gasteiger partial charge is 0.459 e. The predicted molar refractivity (Wildman–Crippen MR) is 112 cm³/mol. The average Bonchev–Trinajstić information content (AvgIpc) is 3.34. The molecule has 28 heavy (non-hydrogen) atoms. The van der Waals surface area contributed by atoms with Gasteiger partial charge in [-0.25, -0.2) is 9.97 Å². The molecule has 0 aromatic carbocycles. The average molecular weight is 399 g/mol. The maximum Gasteiger partial charge on any atom is 0.287 e. The third-order valence-electron chi connectivity index (χ3n) is 5.46. The van der Waals surface area contributed by atoms with Crippen molar-refractivity contribution >= 4 is 33.3 Å². The zero-order valence-electron chi connectivity index (χ0n) is 16.4. The van der Waals surface area contributed by atoms with E-state index in [9.17, 15) is 4.79 Å². The Balaban J connectivity index is 1.50. The van der Waals surface area contributed by atoms with Gasteiger partial charge < -0.3 is 15.1 Å². The van der Waals surface area contributed by atoms with Crippen LogP contribution >= 0.6 is 11.3 Å². The van der Waals surface area contributed by atoms with Gasteiger partial charge in [-0.3, -0.25) is 4.79 Å². The minimum atomic E-state index is -0.204. The van der Waals surface area contributed by atoms with Gasteiger partial charge in [-0.05, 0) is 44.4 Å². The van der Waals surface area contributed by atoms with Gasteiger partial charge in [0.05, 0.1) is 11.6 Å². The van der Waals surface area contributed by atoms with E-state index in [1.807, 2.05) is 0 Å². The fourth-order valence-electron chi connectivity index (χ4n) is 3.79. The smallest absolute Gasteiger partial charge is 0.287 e. The number of aryl methyl sites for hydroxylation is 2. The van der Waals surface area contributed by atoms with Gasteiger partial charge in [-0.1, -0.05) is 19.3 Å². The quantitative estimate of drug-likeness (QED) is 0.584. The van der Waals surface area contributed by atoms with E-state index in [2.05, 4.69) is 24.5 Å². The summed E-state index contributed by atoms with van der Waals surface area (Å²) in [5, 5.41) is 7.41. The van der Waals surface area contributed by atoms with Gasteiger partial charge in [0.25, 0.3) is 5.91 Å². The number of carbonyl (C=O) groups is 1. The third-order valence-corrected chi connectivity index (χ3v) is 6.57. The molecule has 0 unspecified atom stereocenters. The van der Waals surface area contributed by atoms with Crippen LogP contribution in [0.2, 0.25) is 0 Å². The molecule has 0 atom stereocenters. The topological polar surface area (TPSA) is 80.0 Å². The second kappa shape index (κ2) is 8.31. The summed E-state index contributed by atoms with van der Waals surface area (Å²) in [6.07, 6.45) is 7.68. The van der Waals surface area contributed by atoms with Crippen molar-refractivity contribution in [2.75, 3.05) is 18.4 Å². The van der Waals surface area contributed by atoms with Gasteiger partial charge in [-0.2, -0.15) is 0 Å². The Morgan fingerprint density at radius 1 is 1.21 bits per heavy atom. The van der Waals surface area contributed by atoms with Crippen molar-refractivity contribution in [3.63, 3.8) is 0 Å². The van der Waals surface area contributed by atoms with E-state index < -0.39 is 0 Å². The van der Waals surface area contributed by atoms with Crippen LogP contribution < -0.4 is 10.6 Å². The lowest BCUT2D eigenvalue weighted by Gasteiger charge is -2.21. The standard InChI is InChI=1S/C21H26N4O2S/c1-13-14(2)28-21-17(13)19(24-18(25-21)15-7-4-3-5-8-15)22-10-11-23-20(26)16-9-6-12-27-16/h6,9,12,15H,3-5,7-8,10-11H2,1-2H3,(H,23,26)(H,22,24,25). The summed E-state index contributed by atoms with van der Waals surface area (Å²) in [5.74, 6) is 2.44. The maximum atomic E-state index is 12.0. The minimum Gasteiger partial charge on any atom is -0.459 e.